The van der Waals surface area contributed by atoms with E-state index >= 15 is 0 Å². The Kier molecular flexibility index (Phi) is 5.79. The Morgan fingerprint density at radius 1 is 1.29 bits per heavy atom. The maximum atomic E-state index is 12.4. The average Bonchev–Trinajstić information content (AvgIpc) is 2.82. The molecule has 128 valence electrons. The third-order valence-corrected chi connectivity index (χ3v) is 4.22. The molecule has 1 fully saturated rings. The minimum Gasteiger partial charge on any atom is -0.496 e. The van der Waals surface area contributed by atoms with Crippen LogP contribution in [0.1, 0.15) is 5.56 Å². The molecule has 0 bridgehead atoms. The van der Waals surface area contributed by atoms with Gasteiger partial charge in [-0.2, -0.15) is 0 Å². The van der Waals surface area contributed by atoms with Crippen LogP contribution in [0.4, 0.5) is 0 Å². The van der Waals surface area contributed by atoms with Gasteiger partial charge in [0, 0.05) is 11.6 Å². The van der Waals surface area contributed by atoms with Gasteiger partial charge in [0.1, 0.15) is 23.7 Å². The number of ether oxygens (including phenoxy) is 3. The number of benzene rings is 1. The Morgan fingerprint density at radius 3 is 2.54 bits per heavy atom. The summed E-state index contributed by atoms with van der Waals surface area (Å²) in [5, 5.41) is 2.93. The number of nitrogens with one attached hydrogen (secondary N) is 1. The predicted octanol–water partition coefficient (Wildman–Crippen LogP) is 1.70. The second-order valence-corrected chi connectivity index (χ2v) is 5.93. The number of carbonyl (C=O) groups excluding carboxylic acids is 2. The van der Waals surface area contributed by atoms with Gasteiger partial charge in [-0.3, -0.25) is 14.5 Å². The molecule has 7 nitrogen and oxygen atoms in total. The molecular formula is C15H15BrN2O5S. The molecule has 1 aliphatic rings. The first-order valence-electron chi connectivity index (χ1n) is 6.74. The van der Waals surface area contributed by atoms with Crippen molar-refractivity contribution in [1.82, 2.24) is 10.2 Å². The van der Waals surface area contributed by atoms with Gasteiger partial charge in [-0.25, -0.2) is 0 Å². The van der Waals surface area contributed by atoms with Crippen molar-refractivity contribution in [3.05, 3.63) is 27.9 Å². The molecule has 1 aromatic carbocycles. The van der Waals surface area contributed by atoms with Gasteiger partial charge in [-0.05, 0) is 40.3 Å². The molecule has 2 rings (SSSR count). The number of carbonyl (C=O) groups is 2. The number of esters is 1. The standard InChI is InChI=1S/C15H15BrN2O5S/c1-21-11-6-12(22-2)9(16)4-8(11)5-10-14(20)18(15(24)17-10)7-13(19)23-3/h4-6H,7H2,1-3H3,(H,17,24)/b10-5-. The van der Waals surface area contributed by atoms with E-state index in [9.17, 15) is 9.59 Å². The fourth-order valence-electron chi connectivity index (χ4n) is 2.06. The van der Waals surface area contributed by atoms with Crippen LogP contribution in [0.15, 0.2) is 22.3 Å². The molecule has 1 heterocycles. The van der Waals surface area contributed by atoms with E-state index < -0.39 is 11.9 Å². The first kappa shape index (κ1) is 18.2. The molecule has 0 spiro atoms. The van der Waals surface area contributed by atoms with E-state index in [0.717, 1.165) is 4.90 Å². The molecule has 0 aliphatic carbocycles. The zero-order chi connectivity index (χ0) is 17.9. The number of rotatable bonds is 5. The molecular weight excluding hydrogens is 400 g/mol. The number of hydrogen-bond acceptors (Lipinski definition) is 6. The van der Waals surface area contributed by atoms with Crippen LogP contribution < -0.4 is 14.8 Å². The van der Waals surface area contributed by atoms with Crippen LogP contribution in [0.5, 0.6) is 11.5 Å². The fraction of sp³-hybridized carbons (Fsp3) is 0.267. The third-order valence-electron chi connectivity index (χ3n) is 3.28. The first-order chi connectivity index (χ1) is 11.4. The monoisotopic (exact) mass is 414 g/mol. The highest BCUT2D eigenvalue weighted by Crippen LogP contribution is 2.34. The Bertz CT molecular complexity index is 735. The van der Waals surface area contributed by atoms with Gasteiger partial charge in [0.25, 0.3) is 5.91 Å². The Labute approximate surface area is 152 Å². The normalized spacial score (nSPS) is 15.5. The molecule has 0 radical (unpaired) electrons. The maximum absolute atomic E-state index is 12.4. The summed E-state index contributed by atoms with van der Waals surface area (Å²) in [5.41, 5.74) is 0.878. The number of hydrogen-bond donors (Lipinski definition) is 1. The van der Waals surface area contributed by atoms with Gasteiger partial charge in [0.15, 0.2) is 5.11 Å². The van der Waals surface area contributed by atoms with Crippen LogP contribution in [-0.4, -0.2) is 49.8 Å². The number of methoxy groups -OCH3 is 3. The Morgan fingerprint density at radius 2 is 1.96 bits per heavy atom. The van der Waals surface area contributed by atoms with Crippen LogP contribution in [0, 0.1) is 0 Å². The number of thiocarbonyl (C=S) groups is 1. The topological polar surface area (TPSA) is 77.1 Å². The molecule has 1 saturated heterocycles. The summed E-state index contributed by atoms with van der Waals surface area (Å²) < 4.78 is 15.8. The summed E-state index contributed by atoms with van der Waals surface area (Å²) >= 11 is 8.48. The van der Waals surface area contributed by atoms with Crippen molar-refractivity contribution < 1.29 is 23.8 Å². The lowest BCUT2D eigenvalue weighted by Gasteiger charge is -2.11. The van der Waals surface area contributed by atoms with Crippen LogP contribution in [0.3, 0.4) is 0 Å². The summed E-state index contributed by atoms with van der Waals surface area (Å²) in [6.45, 7) is -0.248. The zero-order valence-corrected chi connectivity index (χ0v) is 15.6. The van der Waals surface area contributed by atoms with Crippen molar-refractivity contribution in [1.29, 1.82) is 0 Å². The number of nitrogens with zero attached hydrogens (tertiary/aromatic N) is 1. The highest BCUT2D eigenvalue weighted by atomic mass is 79.9. The molecule has 0 saturated carbocycles. The SMILES string of the molecule is COC(=O)CN1C(=O)/C(=C/c2cc(Br)c(OC)cc2OC)NC1=S. The maximum Gasteiger partial charge on any atom is 0.325 e. The van der Waals surface area contributed by atoms with E-state index in [2.05, 4.69) is 26.0 Å². The molecule has 0 unspecified atom stereocenters. The quantitative estimate of drug-likeness (QED) is 0.446. The van der Waals surface area contributed by atoms with Crippen molar-refractivity contribution in [3.8, 4) is 11.5 Å². The van der Waals surface area contributed by atoms with Crippen molar-refractivity contribution in [2.24, 2.45) is 0 Å². The van der Waals surface area contributed by atoms with Gasteiger partial charge in [-0.1, -0.05) is 0 Å². The van der Waals surface area contributed by atoms with Crippen molar-refractivity contribution in [2.45, 2.75) is 0 Å². The zero-order valence-electron chi connectivity index (χ0n) is 13.2. The minimum absolute atomic E-state index is 0.142. The van der Waals surface area contributed by atoms with Gasteiger partial charge in [0.2, 0.25) is 0 Å². The van der Waals surface area contributed by atoms with E-state index in [-0.39, 0.29) is 17.4 Å². The van der Waals surface area contributed by atoms with E-state index in [1.165, 1.54) is 14.2 Å². The second kappa shape index (κ2) is 7.63. The minimum atomic E-state index is -0.557. The van der Waals surface area contributed by atoms with Crippen LogP contribution in [0.2, 0.25) is 0 Å². The molecule has 1 aliphatic heterocycles. The lowest BCUT2D eigenvalue weighted by atomic mass is 10.1. The third kappa shape index (κ3) is 3.68. The van der Waals surface area contributed by atoms with Gasteiger partial charge in [-0.15, -0.1) is 0 Å². The molecule has 1 amide bonds. The number of halogens is 1. The highest BCUT2D eigenvalue weighted by molar-refractivity contribution is 9.10. The van der Waals surface area contributed by atoms with Crippen molar-refractivity contribution in [2.75, 3.05) is 27.9 Å². The largest absolute Gasteiger partial charge is 0.496 e. The summed E-state index contributed by atoms with van der Waals surface area (Å²) in [7, 11) is 4.31. The molecule has 0 atom stereocenters. The molecule has 1 N–H and O–H groups in total. The molecule has 9 heteroatoms. The van der Waals surface area contributed by atoms with E-state index in [1.807, 2.05) is 0 Å². The van der Waals surface area contributed by atoms with Gasteiger partial charge in [0.05, 0.1) is 25.8 Å². The average molecular weight is 415 g/mol. The van der Waals surface area contributed by atoms with E-state index in [4.69, 9.17) is 21.7 Å². The highest BCUT2D eigenvalue weighted by Gasteiger charge is 2.32. The second-order valence-electron chi connectivity index (χ2n) is 4.68. The van der Waals surface area contributed by atoms with E-state index in [0.29, 0.717) is 21.5 Å². The molecule has 24 heavy (non-hydrogen) atoms. The summed E-state index contributed by atoms with van der Waals surface area (Å²) in [6.07, 6.45) is 1.59. The van der Waals surface area contributed by atoms with Crippen molar-refractivity contribution >= 4 is 51.2 Å². The fourth-order valence-corrected chi connectivity index (χ4v) is 2.84. The lowest BCUT2D eigenvalue weighted by molar-refractivity contribution is -0.143. The smallest absolute Gasteiger partial charge is 0.325 e. The lowest BCUT2D eigenvalue weighted by Crippen LogP contribution is -2.35. The molecule has 1 aromatic rings. The first-order valence-corrected chi connectivity index (χ1v) is 7.94. The van der Waals surface area contributed by atoms with Crippen LogP contribution in [-0.2, 0) is 14.3 Å². The van der Waals surface area contributed by atoms with Crippen molar-refractivity contribution in [3.63, 3.8) is 0 Å². The Balaban J connectivity index is 2.35. The summed E-state index contributed by atoms with van der Waals surface area (Å²) in [5.74, 6) is 0.148. The summed E-state index contributed by atoms with van der Waals surface area (Å²) in [6, 6.07) is 3.45. The Hall–Kier alpha value is -2.13. The van der Waals surface area contributed by atoms with E-state index in [1.54, 1.807) is 25.3 Å². The summed E-state index contributed by atoms with van der Waals surface area (Å²) in [4.78, 5) is 24.9. The predicted molar refractivity (Wildman–Crippen MR) is 94.7 cm³/mol. The van der Waals surface area contributed by atoms with Crippen LogP contribution >= 0.6 is 28.1 Å². The van der Waals surface area contributed by atoms with Gasteiger partial charge >= 0.3 is 5.97 Å². The van der Waals surface area contributed by atoms with Gasteiger partial charge < -0.3 is 19.5 Å². The number of amides is 1. The molecule has 0 aromatic heterocycles. The van der Waals surface area contributed by atoms with Crippen LogP contribution in [0.25, 0.3) is 6.08 Å².